The van der Waals surface area contributed by atoms with Gasteiger partial charge >= 0.3 is 0 Å². The lowest BCUT2D eigenvalue weighted by atomic mass is 10.1. The molecule has 0 saturated heterocycles. The molecule has 0 fully saturated rings. The van der Waals surface area contributed by atoms with Crippen molar-refractivity contribution in [3.8, 4) is 0 Å². The smallest absolute Gasteiger partial charge is 0.248 e. The fraction of sp³-hybridized carbons (Fsp3) is 0.0667. The summed E-state index contributed by atoms with van der Waals surface area (Å²) in [6.07, 6.45) is 0. The third-order valence-corrected chi connectivity index (χ3v) is 3.28. The average Bonchev–Trinajstić information content (AvgIpc) is 2.49. The Morgan fingerprint density at radius 2 is 1.76 bits per heavy atom. The van der Waals surface area contributed by atoms with Crippen LogP contribution in [0.3, 0.4) is 0 Å². The van der Waals surface area contributed by atoms with Gasteiger partial charge in [0.25, 0.3) is 0 Å². The van der Waals surface area contributed by atoms with Crippen LogP contribution in [-0.4, -0.2) is 11.8 Å². The van der Waals surface area contributed by atoms with Crippen molar-refractivity contribution in [3.05, 3.63) is 64.7 Å². The highest BCUT2D eigenvalue weighted by atomic mass is 35.5. The van der Waals surface area contributed by atoms with Crippen LogP contribution in [0.5, 0.6) is 0 Å². The second kappa shape index (κ2) is 6.39. The predicted molar refractivity (Wildman–Crippen MR) is 82.0 cm³/mol. The van der Waals surface area contributed by atoms with Crippen molar-refractivity contribution in [1.82, 2.24) is 0 Å². The van der Waals surface area contributed by atoms with Crippen molar-refractivity contribution in [2.45, 2.75) is 6.04 Å². The van der Waals surface area contributed by atoms with Gasteiger partial charge in [0.15, 0.2) is 0 Å². The Kier molecular flexibility index (Phi) is 4.57. The second-order valence-electron chi connectivity index (χ2n) is 4.44. The van der Waals surface area contributed by atoms with Crippen LogP contribution in [0.2, 0.25) is 5.02 Å². The van der Waals surface area contributed by atoms with Crippen LogP contribution in [0.4, 0.5) is 5.69 Å². The number of anilines is 1. The second-order valence-corrected chi connectivity index (χ2v) is 4.84. The Morgan fingerprint density at radius 1 is 1.10 bits per heavy atom. The Hall–Kier alpha value is -2.37. The number of hydrogen-bond acceptors (Lipinski definition) is 3. The molecule has 0 unspecified atom stereocenters. The zero-order chi connectivity index (χ0) is 15.4. The normalized spacial score (nSPS) is 11.7. The summed E-state index contributed by atoms with van der Waals surface area (Å²) in [6, 6.07) is 12.5. The number of halogens is 1. The molecule has 0 spiro atoms. The van der Waals surface area contributed by atoms with Crippen LogP contribution in [0, 0.1) is 0 Å². The Labute approximate surface area is 126 Å². The summed E-state index contributed by atoms with van der Waals surface area (Å²) in [6.45, 7) is 0. The monoisotopic (exact) mass is 303 g/mol. The topological polar surface area (TPSA) is 98.2 Å². The molecule has 0 aliphatic carbocycles. The van der Waals surface area contributed by atoms with E-state index in [1.807, 2.05) is 6.07 Å². The highest BCUT2D eigenvalue weighted by molar-refractivity contribution is 6.34. The highest BCUT2D eigenvalue weighted by Crippen LogP contribution is 2.24. The molecule has 5 nitrogen and oxygen atoms in total. The molecule has 0 aliphatic rings. The van der Waals surface area contributed by atoms with Crippen LogP contribution in [0.1, 0.15) is 22.0 Å². The van der Waals surface area contributed by atoms with Gasteiger partial charge in [-0.25, -0.2) is 0 Å². The zero-order valence-electron chi connectivity index (χ0n) is 11.0. The minimum absolute atomic E-state index is 0.253. The van der Waals surface area contributed by atoms with E-state index in [-0.39, 0.29) is 5.56 Å². The minimum atomic E-state index is -0.834. The quantitative estimate of drug-likeness (QED) is 0.806. The van der Waals surface area contributed by atoms with Crippen molar-refractivity contribution in [2.24, 2.45) is 11.5 Å². The summed E-state index contributed by atoms with van der Waals surface area (Å²) in [5.41, 5.74) is 12.3. The summed E-state index contributed by atoms with van der Waals surface area (Å²) in [5.74, 6) is -1.03. The zero-order valence-corrected chi connectivity index (χ0v) is 11.8. The van der Waals surface area contributed by atoms with Crippen LogP contribution < -0.4 is 16.8 Å². The number of rotatable bonds is 4. The molecule has 0 aromatic heterocycles. The maximum Gasteiger partial charge on any atom is 0.248 e. The first kappa shape index (κ1) is 15.0. The molecule has 108 valence electrons. The fourth-order valence-corrected chi connectivity index (χ4v) is 1.96. The van der Waals surface area contributed by atoms with Crippen molar-refractivity contribution in [1.29, 1.82) is 0 Å². The third kappa shape index (κ3) is 3.59. The predicted octanol–water partition coefficient (Wildman–Crippen LogP) is 2.08. The molecule has 1 atom stereocenters. The van der Waals surface area contributed by atoms with E-state index in [4.69, 9.17) is 23.1 Å². The van der Waals surface area contributed by atoms with Crippen LogP contribution in [0.25, 0.3) is 0 Å². The third-order valence-electron chi connectivity index (χ3n) is 2.95. The number of nitrogens with one attached hydrogen (secondary N) is 1. The van der Waals surface area contributed by atoms with Gasteiger partial charge in [-0.1, -0.05) is 41.9 Å². The summed E-state index contributed by atoms with van der Waals surface area (Å²) in [5, 5.41) is 2.90. The maximum atomic E-state index is 12.1. The number of nitrogens with two attached hydrogens (primary N) is 2. The van der Waals surface area contributed by atoms with Crippen molar-refractivity contribution in [3.63, 3.8) is 0 Å². The van der Waals surface area contributed by atoms with Gasteiger partial charge in [0.05, 0.1) is 10.7 Å². The number of amides is 2. The number of carbonyl (C=O) groups is 2. The molecule has 0 saturated carbocycles. The molecule has 0 radical (unpaired) electrons. The summed E-state index contributed by atoms with van der Waals surface area (Å²) < 4.78 is 0. The van der Waals surface area contributed by atoms with E-state index in [2.05, 4.69) is 5.32 Å². The molecule has 2 amide bonds. The van der Waals surface area contributed by atoms with Crippen molar-refractivity contribution < 1.29 is 9.59 Å². The fourth-order valence-electron chi connectivity index (χ4n) is 1.80. The first-order valence-electron chi connectivity index (χ1n) is 6.20. The molecule has 5 N–H and O–H groups in total. The van der Waals surface area contributed by atoms with Gasteiger partial charge in [0, 0.05) is 5.56 Å². The average molecular weight is 304 g/mol. The highest BCUT2D eigenvalue weighted by Gasteiger charge is 2.17. The van der Waals surface area contributed by atoms with Crippen LogP contribution in [-0.2, 0) is 4.79 Å². The molecule has 0 aliphatic heterocycles. The first-order chi connectivity index (χ1) is 9.99. The first-order valence-corrected chi connectivity index (χ1v) is 6.57. The summed E-state index contributed by atoms with van der Waals surface area (Å²) in [4.78, 5) is 23.3. The molecule has 0 bridgehead atoms. The maximum absolute atomic E-state index is 12.1. The number of hydrogen-bond donors (Lipinski definition) is 3. The minimum Gasteiger partial charge on any atom is -0.366 e. The SMILES string of the molecule is NC(=O)c1ccc(Cl)c(NC(=O)[C@H](N)c2ccccc2)c1. The van der Waals surface area contributed by atoms with Gasteiger partial charge in [0.1, 0.15) is 6.04 Å². The molecule has 0 heterocycles. The Bertz CT molecular complexity index is 674. The van der Waals surface area contributed by atoms with E-state index in [9.17, 15) is 9.59 Å². The van der Waals surface area contributed by atoms with E-state index in [0.717, 1.165) is 0 Å². The molecule has 2 aromatic carbocycles. The largest absolute Gasteiger partial charge is 0.366 e. The molecule has 2 rings (SSSR count). The Balaban J connectivity index is 2.20. The molecule has 6 heteroatoms. The lowest BCUT2D eigenvalue weighted by molar-refractivity contribution is -0.117. The molecule has 21 heavy (non-hydrogen) atoms. The van der Waals surface area contributed by atoms with Crippen molar-refractivity contribution in [2.75, 3.05) is 5.32 Å². The summed E-state index contributed by atoms with van der Waals surface area (Å²) in [7, 11) is 0. The lowest BCUT2D eigenvalue weighted by Gasteiger charge is -2.14. The lowest BCUT2D eigenvalue weighted by Crippen LogP contribution is -2.28. The standard InChI is InChI=1S/C15H14ClN3O2/c16-11-7-6-10(14(18)20)8-12(11)19-15(21)13(17)9-4-2-1-3-5-9/h1-8,13H,17H2,(H2,18,20)(H,19,21)/t13-/m1/s1. The van der Waals surface area contributed by atoms with E-state index in [1.54, 1.807) is 24.3 Å². The number of carbonyl (C=O) groups excluding carboxylic acids is 2. The van der Waals surface area contributed by atoms with Gasteiger partial charge in [-0.05, 0) is 23.8 Å². The van der Waals surface area contributed by atoms with Crippen LogP contribution >= 0.6 is 11.6 Å². The number of benzene rings is 2. The Morgan fingerprint density at radius 3 is 2.38 bits per heavy atom. The molecular weight excluding hydrogens is 290 g/mol. The van der Waals surface area contributed by atoms with E-state index < -0.39 is 17.9 Å². The van der Waals surface area contributed by atoms with E-state index in [1.165, 1.54) is 18.2 Å². The molecular formula is C15H14ClN3O2. The number of primary amides is 1. The van der Waals surface area contributed by atoms with Crippen molar-refractivity contribution >= 4 is 29.1 Å². The molecule has 2 aromatic rings. The van der Waals surface area contributed by atoms with Gasteiger partial charge < -0.3 is 16.8 Å². The van der Waals surface area contributed by atoms with Gasteiger partial charge in [-0.2, -0.15) is 0 Å². The summed E-state index contributed by atoms with van der Waals surface area (Å²) >= 11 is 5.99. The van der Waals surface area contributed by atoms with E-state index >= 15 is 0 Å². The van der Waals surface area contributed by atoms with Gasteiger partial charge in [0.2, 0.25) is 11.8 Å². The van der Waals surface area contributed by atoms with E-state index in [0.29, 0.717) is 16.3 Å². The van der Waals surface area contributed by atoms with Crippen LogP contribution in [0.15, 0.2) is 48.5 Å². The van der Waals surface area contributed by atoms with Gasteiger partial charge in [-0.15, -0.1) is 0 Å². The van der Waals surface area contributed by atoms with Gasteiger partial charge in [-0.3, -0.25) is 9.59 Å².